The Labute approximate surface area is 182 Å². The Kier molecular flexibility index (Phi) is 6.82. The minimum atomic E-state index is -0.823. The molecule has 1 heterocycles. The number of amides is 5. The van der Waals surface area contributed by atoms with Gasteiger partial charge in [0.05, 0.1) is 13.7 Å². The predicted molar refractivity (Wildman–Crippen MR) is 115 cm³/mol. The van der Waals surface area contributed by atoms with Gasteiger partial charge in [0.15, 0.2) is 0 Å². The van der Waals surface area contributed by atoms with Crippen LogP contribution in [0.4, 0.5) is 10.5 Å². The first kappa shape index (κ1) is 22.6. The maximum Gasteiger partial charge on any atom is 0.327 e. The number of carbonyl (C=O) groups is 4. The Morgan fingerprint density at radius 3 is 2.55 bits per heavy atom. The Balaban J connectivity index is 1.63. The molecule has 1 aliphatic heterocycles. The van der Waals surface area contributed by atoms with E-state index in [4.69, 9.17) is 4.74 Å². The lowest BCUT2D eigenvalue weighted by molar-refractivity contribution is -0.141. The molecular weight excluding hydrogens is 400 g/mol. The molecule has 1 spiro atoms. The number of anilines is 1. The van der Waals surface area contributed by atoms with Gasteiger partial charge in [0, 0.05) is 25.3 Å². The first-order chi connectivity index (χ1) is 14.8. The van der Waals surface area contributed by atoms with Crippen molar-refractivity contribution in [3.05, 3.63) is 24.3 Å². The lowest BCUT2D eigenvalue weighted by atomic mass is 9.81. The Hall–Kier alpha value is -3.10. The average Bonchev–Trinajstić information content (AvgIpc) is 2.94. The summed E-state index contributed by atoms with van der Waals surface area (Å²) in [4.78, 5) is 55.0. The van der Waals surface area contributed by atoms with Gasteiger partial charge in [-0.25, -0.2) is 4.79 Å². The molecule has 1 N–H and O–H groups in total. The maximum atomic E-state index is 13.1. The second-order valence-electron chi connectivity index (χ2n) is 8.01. The molecule has 1 aliphatic carbocycles. The molecule has 0 bridgehead atoms. The zero-order valence-electron chi connectivity index (χ0n) is 18.3. The van der Waals surface area contributed by atoms with Crippen molar-refractivity contribution >= 4 is 29.4 Å². The summed E-state index contributed by atoms with van der Waals surface area (Å²) in [5, 5.41) is 2.73. The van der Waals surface area contributed by atoms with Gasteiger partial charge in [-0.15, -0.1) is 0 Å². The second-order valence-corrected chi connectivity index (χ2v) is 8.01. The average molecular weight is 431 g/mol. The van der Waals surface area contributed by atoms with Crippen molar-refractivity contribution in [2.45, 2.75) is 44.6 Å². The van der Waals surface area contributed by atoms with E-state index >= 15 is 0 Å². The second kappa shape index (κ2) is 9.36. The summed E-state index contributed by atoms with van der Waals surface area (Å²) in [6.45, 7) is 1.49. The summed E-state index contributed by atoms with van der Waals surface area (Å²) in [5.41, 5.74) is -0.269. The number of imide groups is 1. The van der Waals surface area contributed by atoms with Crippen LogP contribution in [0.1, 0.15) is 39.0 Å². The number of nitrogens with one attached hydrogen (secondary N) is 1. The summed E-state index contributed by atoms with van der Waals surface area (Å²) < 4.78 is 5.14. The molecule has 2 fully saturated rings. The van der Waals surface area contributed by atoms with Crippen LogP contribution in [0.2, 0.25) is 0 Å². The van der Waals surface area contributed by atoms with Crippen LogP contribution in [0.15, 0.2) is 24.3 Å². The van der Waals surface area contributed by atoms with E-state index in [1.807, 2.05) is 0 Å². The van der Waals surface area contributed by atoms with Crippen molar-refractivity contribution in [3.63, 3.8) is 0 Å². The number of methoxy groups -OCH3 is 1. The number of carbonyl (C=O) groups excluding carboxylic acids is 4. The van der Waals surface area contributed by atoms with Crippen molar-refractivity contribution in [2.24, 2.45) is 0 Å². The topological polar surface area (TPSA) is 99.3 Å². The molecule has 0 unspecified atom stereocenters. The van der Waals surface area contributed by atoms with E-state index in [-0.39, 0.29) is 31.4 Å². The lowest BCUT2D eigenvalue weighted by Crippen LogP contribution is -2.50. The molecular formula is C22H30N4O5. The minimum Gasteiger partial charge on any atom is -0.497 e. The van der Waals surface area contributed by atoms with Crippen LogP contribution in [0.25, 0.3) is 0 Å². The summed E-state index contributed by atoms with van der Waals surface area (Å²) in [5.74, 6) is -0.507. The minimum absolute atomic E-state index is 0.177. The highest BCUT2D eigenvalue weighted by Gasteiger charge is 2.55. The van der Waals surface area contributed by atoms with E-state index in [9.17, 15) is 19.2 Å². The molecule has 0 radical (unpaired) electrons. The standard InChI is InChI=1S/C22H30N4O5/c1-4-25(14-18(27)23-16-9-8-10-17(13-16)31-3)19(28)15-26-20(29)22(24(2)21(26)30)11-6-5-7-12-22/h8-10,13H,4-7,11-12,14-15H2,1-3H3,(H,23,27). The van der Waals surface area contributed by atoms with Crippen molar-refractivity contribution < 1.29 is 23.9 Å². The van der Waals surface area contributed by atoms with Gasteiger partial charge in [-0.2, -0.15) is 0 Å². The summed E-state index contributed by atoms with van der Waals surface area (Å²) in [7, 11) is 3.17. The Morgan fingerprint density at radius 2 is 1.90 bits per heavy atom. The molecule has 9 heteroatoms. The largest absolute Gasteiger partial charge is 0.497 e. The molecule has 3 rings (SSSR count). The smallest absolute Gasteiger partial charge is 0.327 e. The molecule has 168 valence electrons. The molecule has 1 aromatic rings. The van der Waals surface area contributed by atoms with E-state index in [1.54, 1.807) is 38.2 Å². The van der Waals surface area contributed by atoms with Gasteiger partial charge in [0.1, 0.15) is 17.8 Å². The fourth-order valence-electron chi connectivity index (χ4n) is 4.36. The fourth-order valence-corrected chi connectivity index (χ4v) is 4.36. The molecule has 1 aromatic carbocycles. The van der Waals surface area contributed by atoms with Gasteiger partial charge in [0.25, 0.3) is 5.91 Å². The van der Waals surface area contributed by atoms with Gasteiger partial charge < -0.3 is 19.9 Å². The normalized spacial score (nSPS) is 17.8. The van der Waals surface area contributed by atoms with Gasteiger partial charge >= 0.3 is 6.03 Å². The number of urea groups is 1. The lowest BCUT2D eigenvalue weighted by Gasteiger charge is -2.35. The summed E-state index contributed by atoms with van der Waals surface area (Å²) in [6, 6.07) is 6.46. The van der Waals surface area contributed by atoms with Gasteiger partial charge in [-0.3, -0.25) is 19.3 Å². The van der Waals surface area contributed by atoms with Crippen LogP contribution >= 0.6 is 0 Å². The van der Waals surface area contributed by atoms with Crippen molar-refractivity contribution in [3.8, 4) is 5.75 Å². The zero-order chi connectivity index (χ0) is 22.6. The molecule has 1 saturated carbocycles. The van der Waals surface area contributed by atoms with Crippen molar-refractivity contribution in [1.82, 2.24) is 14.7 Å². The first-order valence-corrected chi connectivity index (χ1v) is 10.6. The van der Waals surface area contributed by atoms with E-state index in [1.165, 1.54) is 16.9 Å². The quantitative estimate of drug-likeness (QED) is 0.668. The molecule has 9 nitrogen and oxygen atoms in total. The van der Waals surface area contributed by atoms with Crippen LogP contribution in [-0.4, -0.2) is 77.8 Å². The highest BCUT2D eigenvalue weighted by molar-refractivity contribution is 6.09. The number of nitrogens with zero attached hydrogens (tertiary/aromatic N) is 3. The van der Waals surface area contributed by atoms with E-state index in [0.717, 1.165) is 24.2 Å². The van der Waals surface area contributed by atoms with Gasteiger partial charge in [-0.1, -0.05) is 25.3 Å². The molecule has 1 saturated heterocycles. The molecule has 31 heavy (non-hydrogen) atoms. The number of likely N-dealkylation sites (N-methyl/N-ethyl adjacent to an activating group) is 2. The summed E-state index contributed by atoms with van der Waals surface area (Å²) in [6.07, 6.45) is 4.06. The van der Waals surface area contributed by atoms with Crippen LogP contribution in [0.3, 0.4) is 0 Å². The van der Waals surface area contributed by atoms with Crippen LogP contribution in [-0.2, 0) is 14.4 Å². The SMILES string of the molecule is CCN(CC(=O)Nc1cccc(OC)c1)C(=O)CN1C(=O)N(C)C2(CCCCC2)C1=O. The fraction of sp³-hybridized carbons (Fsp3) is 0.545. The first-order valence-electron chi connectivity index (χ1n) is 10.6. The van der Waals surface area contributed by atoms with Crippen LogP contribution in [0, 0.1) is 0 Å². The maximum absolute atomic E-state index is 13.1. The third-order valence-corrected chi connectivity index (χ3v) is 6.20. The summed E-state index contributed by atoms with van der Waals surface area (Å²) >= 11 is 0. The zero-order valence-corrected chi connectivity index (χ0v) is 18.3. The Morgan fingerprint density at radius 1 is 1.19 bits per heavy atom. The molecule has 2 aliphatic rings. The van der Waals surface area contributed by atoms with E-state index < -0.39 is 17.5 Å². The third kappa shape index (κ3) is 4.50. The van der Waals surface area contributed by atoms with E-state index in [2.05, 4.69) is 5.32 Å². The van der Waals surface area contributed by atoms with Crippen LogP contribution < -0.4 is 10.1 Å². The van der Waals surface area contributed by atoms with E-state index in [0.29, 0.717) is 24.3 Å². The number of rotatable bonds is 7. The Bertz CT molecular complexity index is 865. The number of ether oxygens (including phenoxy) is 1. The number of hydrogen-bond acceptors (Lipinski definition) is 5. The van der Waals surface area contributed by atoms with Crippen molar-refractivity contribution in [2.75, 3.05) is 39.1 Å². The van der Waals surface area contributed by atoms with Crippen molar-refractivity contribution in [1.29, 1.82) is 0 Å². The highest BCUT2D eigenvalue weighted by atomic mass is 16.5. The number of benzene rings is 1. The molecule has 0 aromatic heterocycles. The third-order valence-electron chi connectivity index (χ3n) is 6.20. The monoisotopic (exact) mass is 430 g/mol. The highest BCUT2D eigenvalue weighted by Crippen LogP contribution is 2.39. The molecule has 5 amide bonds. The van der Waals surface area contributed by atoms with Gasteiger partial charge in [0.2, 0.25) is 11.8 Å². The number of hydrogen-bond donors (Lipinski definition) is 1. The van der Waals surface area contributed by atoms with Gasteiger partial charge in [-0.05, 0) is 31.9 Å². The molecule has 0 atom stereocenters. The predicted octanol–water partition coefficient (Wildman–Crippen LogP) is 2.08. The van der Waals surface area contributed by atoms with Crippen LogP contribution in [0.5, 0.6) is 5.75 Å².